The van der Waals surface area contributed by atoms with Crippen LogP contribution >= 0.6 is 15.9 Å². The van der Waals surface area contributed by atoms with Crippen LogP contribution in [-0.2, 0) is 4.79 Å². The Bertz CT molecular complexity index is 716. The van der Waals surface area contributed by atoms with E-state index in [1.54, 1.807) is 30.3 Å². The molecule has 2 aromatic rings. The monoisotopic (exact) mass is 362 g/mol. The van der Waals surface area contributed by atoms with Gasteiger partial charge in [0.25, 0.3) is 11.8 Å². The molecule has 0 atom stereocenters. The van der Waals surface area contributed by atoms with Crippen molar-refractivity contribution in [3.05, 3.63) is 58.1 Å². The summed E-state index contributed by atoms with van der Waals surface area (Å²) in [6, 6.07) is 12.1. The molecule has 0 unspecified atom stereocenters. The Morgan fingerprint density at radius 2 is 1.95 bits per heavy atom. The van der Waals surface area contributed by atoms with Crippen molar-refractivity contribution in [3.63, 3.8) is 0 Å². The molecule has 0 spiro atoms. The Hall–Kier alpha value is -2.34. The van der Waals surface area contributed by atoms with Crippen LogP contribution in [0.1, 0.15) is 15.9 Å². The van der Waals surface area contributed by atoms with E-state index in [0.717, 1.165) is 10.0 Å². The third-order valence-corrected chi connectivity index (χ3v) is 3.53. The summed E-state index contributed by atoms with van der Waals surface area (Å²) in [5.41, 5.74) is 6.97. The fourth-order valence-electron chi connectivity index (χ4n) is 1.86. The molecule has 0 aliphatic rings. The molecule has 22 heavy (non-hydrogen) atoms. The van der Waals surface area contributed by atoms with Crippen LogP contribution in [0, 0.1) is 6.92 Å². The maximum absolute atomic E-state index is 11.9. The normalized spacial score (nSPS) is 10.1. The van der Waals surface area contributed by atoms with Crippen molar-refractivity contribution in [2.75, 3.05) is 11.9 Å². The van der Waals surface area contributed by atoms with E-state index in [4.69, 9.17) is 10.5 Å². The largest absolute Gasteiger partial charge is 0.483 e. The lowest BCUT2D eigenvalue weighted by molar-refractivity contribution is -0.118. The molecule has 0 aromatic heterocycles. The first-order valence-electron chi connectivity index (χ1n) is 6.55. The maximum Gasteiger partial charge on any atom is 0.262 e. The number of aryl methyl sites for hydroxylation is 1. The molecule has 5 nitrogen and oxygen atoms in total. The van der Waals surface area contributed by atoms with Crippen LogP contribution in [0.25, 0.3) is 0 Å². The average molecular weight is 363 g/mol. The molecule has 0 saturated carbocycles. The standard InChI is InChI=1S/C16H15BrN2O3/c1-10-6-7-14(12(17)8-10)22-9-15(20)19-13-5-3-2-4-11(13)16(18)21/h2-8H,9H2,1H3,(H2,18,21)(H,19,20). The number of hydrogen-bond acceptors (Lipinski definition) is 3. The highest BCUT2D eigenvalue weighted by molar-refractivity contribution is 9.10. The number of amides is 2. The number of halogens is 1. The number of carbonyl (C=O) groups is 2. The smallest absolute Gasteiger partial charge is 0.262 e. The number of hydrogen-bond donors (Lipinski definition) is 2. The molecule has 0 bridgehead atoms. The lowest BCUT2D eigenvalue weighted by atomic mass is 10.1. The minimum Gasteiger partial charge on any atom is -0.483 e. The molecule has 0 aliphatic heterocycles. The summed E-state index contributed by atoms with van der Waals surface area (Å²) >= 11 is 3.38. The van der Waals surface area contributed by atoms with E-state index in [9.17, 15) is 9.59 Å². The number of benzene rings is 2. The average Bonchev–Trinajstić information content (AvgIpc) is 2.46. The summed E-state index contributed by atoms with van der Waals surface area (Å²) in [6.07, 6.45) is 0. The third-order valence-electron chi connectivity index (χ3n) is 2.91. The topological polar surface area (TPSA) is 81.4 Å². The van der Waals surface area contributed by atoms with Gasteiger partial charge in [0.15, 0.2) is 6.61 Å². The van der Waals surface area contributed by atoms with Crippen molar-refractivity contribution in [1.29, 1.82) is 0 Å². The Labute approximate surface area is 136 Å². The zero-order valence-corrected chi connectivity index (χ0v) is 13.5. The first-order chi connectivity index (χ1) is 10.5. The highest BCUT2D eigenvalue weighted by Gasteiger charge is 2.11. The molecule has 0 radical (unpaired) electrons. The van der Waals surface area contributed by atoms with Gasteiger partial charge in [-0.1, -0.05) is 18.2 Å². The van der Waals surface area contributed by atoms with E-state index in [-0.39, 0.29) is 18.1 Å². The Kier molecular flexibility index (Phi) is 5.16. The minimum absolute atomic E-state index is 0.172. The molecule has 3 N–H and O–H groups in total. The molecule has 6 heteroatoms. The predicted molar refractivity (Wildman–Crippen MR) is 88.0 cm³/mol. The number of para-hydroxylation sites is 1. The summed E-state index contributed by atoms with van der Waals surface area (Å²) in [7, 11) is 0. The van der Waals surface area contributed by atoms with Crippen molar-refractivity contribution < 1.29 is 14.3 Å². The van der Waals surface area contributed by atoms with Gasteiger partial charge in [-0.15, -0.1) is 0 Å². The van der Waals surface area contributed by atoms with Gasteiger partial charge in [-0.2, -0.15) is 0 Å². The zero-order valence-electron chi connectivity index (χ0n) is 11.9. The van der Waals surface area contributed by atoms with Gasteiger partial charge in [0.2, 0.25) is 0 Å². The second-order valence-electron chi connectivity index (χ2n) is 4.68. The molecule has 2 rings (SSSR count). The van der Waals surface area contributed by atoms with Gasteiger partial charge in [0.05, 0.1) is 15.7 Å². The highest BCUT2D eigenvalue weighted by atomic mass is 79.9. The van der Waals surface area contributed by atoms with Crippen molar-refractivity contribution in [2.24, 2.45) is 5.73 Å². The molecule has 2 amide bonds. The molecule has 2 aromatic carbocycles. The predicted octanol–water partition coefficient (Wildman–Crippen LogP) is 2.87. The van der Waals surface area contributed by atoms with E-state index in [0.29, 0.717) is 11.4 Å². The van der Waals surface area contributed by atoms with Crippen LogP contribution in [0.3, 0.4) is 0 Å². The van der Waals surface area contributed by atoms with Crippen LogP contribution in [0.4, 0.5) is 5.69 Å². The molecular weight excluding hydrogens is 348 g/mol. The van der Waals surface area contributed by atoms with Gasteiger partial charge in [-0.25, -0.2) is 0 Å². The number of nitrogens with one attached hydrogen (secondary N) is 1. The Morgan fingerprint density at radius 3 is 2.64 bits per heavy atom. The van der Waals surface area contributed by atoms with Crippen LogP contribution in [0.5, 0.6) is 5.75 Å². The SMILES string of the molecule is Cc1ccc(OCC(=O)Nc2ccccc2C(N)=O)c(Br)c1. The maximum atomic E-state index is 11.9. The number of nitrogens with two attached hydrogens (primary N) is 1. The van der Waals surface area contributed by atoms with Crippen LogP contribution < -0.4 is 15.8 Å². The number of carbonyl (C=O) groups excluding carboxylic acids is 2. The van der Waals surface area contributed by atoms with Crippen molar-refractivity contribution >= 4 is 33.4 Å². The minimum atomic E-state index is -0.599. The van der Waals surface area contributed by atoms with Crippen LogP contribution in [0.15, 0.2) is 46.9 Å². The van der Waals surface area contributed by atoms with Gasteiger partial charge in [0, 0.05) is 0 Å². The van der Waals surface area contributed by atoms with Gasteiger partial charge < -0.3 is 15.8 Å². The van der Waals surface area contributed by atoms with E-state index in [1.807, 2.05) is 19.1 Å². The zero-order chi connectivity index (χ0) is 16.1. The van der Waals surface area contributed by atoms with Crippen molar-refractivity contribution in [1.82, 2.24) is 0 Å². The lowest BCUT2D eigenvalue weighted by Crippen LogP contribution is -2.23. The van der Waals surface area contributed by atoms with Gasteiger partial charge in [0.1, 0.15) is 5.75 Å². The van der Waals surface area contributed by atoms with Crippen molar-refractivity contribution in [3.8, 4) is 5.75 Å². The first-order valence-corrected chi connectivity index (χ1v) is 7.34. The molecular formula is C16H15BrN2O3. The number of primary amides is 1. The fraction of sp³-hybridized carbons (Fsp3) is 0.125. The number of anilines is 1. The molecule has 114 valence electrons. The van der Waals surface area contributed by atoms with Gasteiger partial charge in [-0.05, 0) is 52.7 Å². The van der Waals surface area contributed by atoms with Crippen molar-refractivity contribution in [2.45, 2.75) is 6.92 Å². The fourth-order valence-corrected chi connectivity index (χ4v) is 2.47. The molecule has 0 heterocycles. The van der Waals surface area contributed by atoms with Gasteiger partial charge in [-0.3, -0.25) is 9.59 Å². The van der Waals surface area contributed by atoms with E-state index in [2.05, 4.69) is 21.2 Å². The number of ether oxygens (including phenoxy) is 1. The van der Waals surface area contributed by atoms with E-state index < -0.39 is 5.91 Å². The summed E-state index contributed by atoms with van der Waals surface area (Å²) in [4.78, 5) is 23.2. The molecule has 0 aliphatic carbocycles. The Morgan fingerprint density at radius 1 is 1.23 bits per heavy atom. The Balaban J connectivity index is 2.00. The molecule has 0 saturated heterocycles. The number of rotatable bonds is 5. The summed E-state index contributed by atoms with van der Waals surface area (Å²) < 4.78 is 6.23. The highest BCUT2D eigenvalue weighted by Crippen LogP contribution is 2.25. The second-order valence-corrected chi connectivity index (χ2v) is 5.53. The first kappa shape index (κ1) is 16.0. The van der Waals surface area contributed by atoms with E-state index in [1.165, 1.54) is 0 Å². The van der Waals surface area contributed by atoms with Crippen LogP contribution in [-0.4, -0.2) is 18.4 Å². The third kappa shape index (κ3) is 4.08. The quantitative estimate of drug-likeness (QED) is 0.857. The summed E-state index contributed by atoms with van der Waals surface area (Å²) in [5, 5.41) is 2.61. The molecule has 0 fully saturated rings. The van der Waals surface area contributed by atoms with Gasteiger partial charge >= 0.3 is 0 Å². The summed E-state index contributed by atoms with van der Waals surface area (Å²) in [5.74, 6) is -0.400. The van der Waals surface area contributed by atoms with E-state index >= 15 is 0 Å². The lowest BCUT2D eigenvalue weighted by Gasteiger charge is -2.11. The second kappa shape index (κ2) is 7.09. The summed E-state index contributed by atoms with van der Waals surface area (Å²) in [6.45, 7) is 1.79. The van der Waals surface area contributed by atoms with Crippen LogP contribution in [0.2, 0.25) is 0 Å².